The molecular formula is C12H15NO2S. The highest BCUT2D eigenvalue weighted by molar-refractivity contribution is 7.09. The quantitative estimate of drug-likeness (QED) is 0.869. The lowest BCUT2D eigenvalue weighted by Gasteiger charge is -2.07. The second kappa shape index (κ2) is 5.27. The van der Waals surface area contributed by atoms with Crippen LogP contribution in [0.15, 0.2) is 28.2 Å². The van der Waals surface area contributed by atoms with Crippen LogP contribution >= 0.6 is 11.3 Å². The van der Waals surface area contributed by atoms with E-state index < -0.39 is 0 Å². The van der Waals surface area contributed by atoms with E-state index in [2.05, 4.69) is 4.98 Å². The van der Waals surface area contributed by atoms with E-state index in [-0.39, 0.29) is 6.10 Å². The highest BCUT2D eigenvalue weighted by Crippen LogP contribution is 2.13. The Balaban J connectivity index is 1.78. The molecule has 1 N–H and O–H groups in total. The number of furan rings is 1. The van der Waals surface area contributed by atoms with Crippen molar-refractivity contribution in [2.24, 2.45) is 0 Å². The van der Waals surface area contributed by atoms with Gasteiger partial charge in [-0.2, -0.15) is 0 Å². The largest absolute Gasteiger partial charge is 0.469 e. The average molecular weight is 237 g/mol. The number of aliphatic hydroxyl groups is 1. The first kappa shape index (κ1) is 11.4. The summed E-state index contributed by atoms with van der Waals surface area (Å²) in [7, 11) is 0. The molecule has 0 spiro atoms. The molecule has 0 saturated heterocycles. The fourth-order valence-corrected chi connectivity index (χ4v) is 2.23. The summed E-state index contributed by atoms with van der Waals surface area (Å²) in [6.07, 6.45) is 3.43. The number of hydrogen-bond donors (Lipinski definition) is 1. The zero-order valence-corrected chi connectivity index (χ0v) is 10.0. The average Bonchev–Trinajstić information content (AvgIpc) is 2.87. The summed E-state index contributed by atoms with van der Waals surface area (Å²) in [5.41, 5.74) is 0.981. The maximum atomic E-state index is 9.83. The number of aliphatic hydroxyl groups excluding tert-OH is 1. The van der Waals surface area contributed by atoms with E-state index in [1.807, 2.05) is 24.4 Å². The Morgan fingerprint density at radius 1 is 1.56 bits per heavy atom. The van der Waals surface area contributed by atoms with Crippen LogP contribution in [-0.2, 0) is 12.8 Å². The van der Waals surface area contributed by atoms with Gasteiger partial charge in [0.2, 0.25) is 0 Å². The molecule has 2 heterocycles. The fraction of sp³-hybridized carbons (Fsp3) is 0.417. The maximum absolute atomic E-state index is 9.83. The molecule has 0 radical (unpaired) electrons. The molecule has 0 bridgehead atoms. The monoisotopic (exact) mass is 237 g/mol. The first-order chi connectivity index (χ1) is 7.74. The summed E-state index contributed by atoms with van der Waals surface area (Å²) in [6, 6.07) is 3.80. The van der Waals surface area contributed by atoms with Gasteiger partial charge in [0.05, 0.1) is 23.1 Å². The van der Waals surface area contributed by atoms with Crippen molar-refractivity contribution in [1.82, 2.24) is 4.98 Å². The number of aryl methyl sites for hydroxylation is 2. The Bertz CT molecular complexity index is 422. The van der Waals surface area contributed by atoms with Crippen molar-refractivity contribution in [2.75, 3.05) is 0 Å². The summed E-state index contributed by atoms with van der Waals surface area (Å²) in [4.78, 5) is 4.33. The summed E-state index contributed by atoms with van der Waals surface area (Å²) >= 11 is 1.62. The Kier molecular flexibility index (Phi) is 3.74. The van der Waals surface area contributed by atoms with Crippen molar-refractivity contribution in [2.45, 2.75) is 32.3 Å². The van der Waals surface area contributed by atoms with Gasteiger partial charge >= 0.3 is 0 Å². The highest BCUT2D eigenvalue weighted by atomic mass is 32.1. The van der Waals surface area contributed by atoms with Gasteiger partial charge in [-0.3, -0.25) is 0 Å². The molecule has 0 saturated carbocycles. The molecule has 0 amide bonds. The zero-order valence-electron chi connectivity index (χ0n) is 9.22. The number of thiazole rings is 1. The van der Waals surface area contributed by atoms with Crippen LogP contribution in [0, 0.1) is 6.92 Å². The van der Waals surface area contributed by atoms with E-state index in [0.29, 0.717) is 12.8 Å². The van der Waals surface area contributed by atoms with Crippen LogP contribution in [0.4, 0.5) is 0 Å². The van der Waals surface area contributed by atoms with E-state index in [1.165, 1.54) is 0 Å². The van der Waals surface area contributed by atoms with Crippen LogP contribution in [0.1, 0.15) is 22.9 Å². The molecular weight excluding hydrogens is 222 g/mol. The third kappa shape index (κ3) is 3.18. The molecule has 86 valence electrons. The van der Waals surface area contributed by atoms with Crippen molar-refractivity contribution in [3.63, 3.8) is 0 Å². The molecule has 2 aromatic rings. The second-order valence-electron chi connectivity index (χ2n) is 3.83. The first-order valence-corrected chi connectivity index (χ1v) is 6.23. The van der Waals surface area contributed by atoms with Crippen molar-refractivity contribution >= 4 is 11.3 Å². The van der Waals surface area contributed by atoms with Crippen LogP contribution in [0.25, 0.3) is 0 Å². The smallest absolute Gasteiger partial charge is 0.103 e. The molecule has 4 heteroatoms. The molecule has 0 aliphatic carbocycles. The molecule has 3 nitrogen and oxygen atoms in total. The van der Waals surface area contributed by atoms with Gasteiger partial charge in [0, 0.05) is 18.2 Å². The lowest BCUT2D eigenvalue weighted by molar-refractivity contribution is 0.162. The molecule has 2 aromatic heterocycles. The van der Waals surface area contributed by atoms with E-state index in [0.717, 1.165) is 22.9 Å². The Morgan fingerprint density at radius 2 is 2.44 bits per heavy atom. The lowest BCUT2D eigenvalue weighted by Crippen LogP contribution is -2.11. The second-order valence-corrected chi connectivity index (χ2v) is 4.90. The van der Waals surface area contributed by atoms with Gasteiger partial charge in [0.1, 0.15) is 5.76 Å². The topological polar surface area (TPSA) is 46.3 Å². The Labute approximate surface area is 98.8 Å². The minimum absolute atomic E-state index is 0.341. The predicted molar refractivity (Wildman–Crippen MR) is 63.6 cm³/mol. The molecule has 2 rings (SSSR count). The number of aromatic nitrogens is 1. The minimum atomic E-state index is -0.341. The molecule has 0 aliphatic rings. The van der Waals surface area contributed by atoms with Crippen LogP contribution in [0.3, 0.4) is 0 Å². The lowest BCUT2D eigenvalue weighted by atomic mass is 10.1. The summed E-state index contributed by atoms with van der Waals surface area (Å²) in [5, 5.41) is 12.9. The van der Waals surface area contributed by atoms with Crippen molar-refractivity contribution in [3.05, 3.63) is 40.2 Å². The van der Waals surface area contributed by atoms with Crippen LogP contribution in [-0.4, -0.2) is 16.2 Å². The van der Waals surface area contributed by atoms with E-state index in [9.17, 15) is 5.11 Å². The zero-order chi connectivity index (χ0) is 11.4. The third-order valence-electron chi connectivity index (χ3n) is 2.42. The van der Waals surface area contributed by atoms with Crippen molar-refractivity contribution in [1.29, 1.82) is 0 Å². The molecule has 0 aliphatic heterocycles. The molecule has 0 fully saturated rings. The predicted octanol–water partition coefficient (Wildman–Crippen LogP) is 2.58. The van der Waals surface area contributed by atoms with Gasteiger partial charge in [-0.1, -0.05) is 0 Å². The Morgan fingerprint density at radius 3 is 3.06 bits per heavy atom. The standard InChI is InChI=1S/C12H15NO2S/c1-9-13-10(8-16-9)7-11(14)4-5-12-3-2-6-15-12/h2-3,6,8,11,14H,4-5,7H2,1H3. The number of hydrogen-bond acceptors (Lipinski definition) is 4. The van der Waals surface area contributed by atoms with Crippen LogP contribution < -0.4 is 0 Å². The van der Waals surface area contributed by atoms with Gasteiger partial charge in [-0.15, -0.1) is 11.3 Å². The van der Waals surface area contributed by atoms with Gasteiger partial charge < -0.3 is 9.52 Å². The van der Waals surface area contributed by atoms with Crippen LogP contribution in [0.2, 0.25) is 0 Å². The molecule has 1 atom stereocenters. The van der Waals surface area contributed by atoms with E-state index in [1.54, 1.807) is 17.6 Å². The molecule has 1 unspecified atom stereocenters. The van der Waals surface area contributed by atoms with Crippen molar-refractivity contribution < 1.29 is 9.52 Å². The van der Waals surface area contributed by atoms with Gasteiger partial charge in [-0.25, -0.2) is 4.98 Å². The Hall–Kier alpha value is -1.13. The summed E-state index contributed by atoms with van der Waals surface area (Å²) in [6.45, 7) is 1.98. The molecule has 0 aromatic carbocycles. The third-order valence-corrected chi connectivity index (χ3v) is 3.24. The van der Waals surface area contributed by atoms with Gasteiger partial charge in [-0.05, 0) is 25.5 Å². The minimum Gasteiger partial charge on any atom is -0.469 e. The number of nitrogens with zero attached hydrogens (tertiary/aromatic N) is 1. The first-order valence-electron chi connectivity index (χ1n) is 5.35. The van der Waals surface area contributed by atoms with E-state index >= 15 is 0 Å². The maximum Gasteiger partial charge on any atom is 0.103 e. The SMILES string of the molecule is Cc1nc(CC(O)CCc2ccco2)cs1. The summed E-state index contributed by atoms with van der Waals surface area (Å²) in [5.74, 6) is 0.925. The van der Waals surface area contributed by atoms with Gasteiger partial charge in [0.25, 0.3) is 0 Å². The fourth-order valence-electron chi connectivity index (χ4n) is 1.61. The summed E-state index contributed by atoms with van der Waals surface area (Å²) < 4.78 is 5.21. The van der Waals surface area contributed by atoms with Crippen LogP contribution in [0.5, 0.6) is 0 Å². The molecule has 16 heavy (non-hydrogen) atoms. The van der Waals surface area contributed by atoms with Crippen molar-refractivity contribution in [3.8, 4) is 0 Å². The van der Waals surface area contributed by atoms with Gasteiger partial charge in [0.15, 0.2) is 0 Å². The normalized spacial score (nSPS) is 12.9. The highest BCUT2D eigenvalue weighted by Gasteiger charge is 2.09. The number of rotatable bonds is 5. The van der Waals surface area contributed by atoms with E-state index in [4.69, 9.17) is 4.42 Å².